The SMILES string of the molecule is Cn1cc(/C=C(/C#N)c2nc3cc(Cl)ccc3c(=O)[nH]2)cn1. The van der Waals surface area contributed by atoms with Crippen LogP contribution in [-0.2, 0) is 7.05 Å². The highest BCUT2D eigenvalue weighted by atomic mass is 35.5. The van der Waals surface area contributed by atoms with Crippen LogP contribution in [0.15, 0.2) is 35.4 Å². The summed E-state index contributed by atoms with van der Waals surface area (Å²) in [6.45, 7) is 0. The van der Waals surface area contributed by atoms with Gasteiger partial charge >= 0.3 is 0 Å². The van der Waals surface area contributed by atoms with Crippen molar-refractivity contribution in [2.45, 2.75) is 0 Å². The first-order chi connectivity index (χ1) is 10.6. The molecule has 1 aromatic carbocycles. The van der Waals surface area contributed by atoms with E-state index in [1.54, 1.807) is 48.4 Å². The van der Waals surface area contributed by atoms with Crippen LogP contribution in [0.5, 0.6) is 0 Å². The molecule has 0 spiro atoms. The van der Waals surface area contributed by atoms with Crippen molar-refractivity contribution in [1.82, 2.24) is 19.7 Å². The molecular formula is C15H10ClN5O. The van der Waals surface area contributed by atoms with Crippen molar-refractivity contribution in [3.05, 3.63) is 57.4 Å². The van der Waals surface area contributed by atoms with E-state index in [1.807, 2.05) is 6.07 Å². The van der Waals surface area contributed by atoms with E-state index >= 15 is 0 Å². The van der Waals surface area contributed by atoms with Crippen LogP contribution in [0.25, 0.3) is 22.6 Å². The van der Waals surface area contributed by atoms with E-state index in [2.05, 4.69) is 15.1 Å². The van der Waals surface area contributed by atoms with Crippen molar-refractivity contribution < 1.29 is 0 Å². The fourth-order valence-corrected chi connectivity index (χ4v) is 2.24. The number of aromatic nitrogens is 4. The molecule has 2 heterocycles. The van der Waals surface area contributed by atoms with Crippen LogP contribution in [0, 0.1) is 11.3 Å². The number of hydrogen-bond acceptors (Lipinski definition) is 4. The number of H-pyrrole nitrogens is 1. The molecule has 22 heavy (non-hydrogen) atoms. The van der Waals surface area contributed by atoms with E-state index < -0.39 is 0 Å². The number of nitrogens with zero attached hydrogens (tertiary/aromatic N) is 4. The van der Waals surface area contributed by atoms with Gasteiger partial charge in [-0.3, -0.25) is 9.48 Å². The minimum Gasteiger partial charge on any atom is -0.305 e. The van der Waals surface area contributed by atoms with Crippen LogP contribution < -0.4 is 5.56 Å². The van der Waals surface area contributed by atoms with Gasteiger partial charge in [0.25, 0.3) is 5.56 Å². The Morgan fingerprint density at radius 2 is 2.32 bits per heavy atom. The summed E-state index contributed by atoms with van der Waals surface area (Å²) in [4.78, 5) is 19.0. The lowest BCUT2D eigenvalue weighted by atomic mass is 10.2. The van der Waals surface area contributed by atoms with Gasteiger partial charge in [-0.15, -0.1) is 0 Å². The van der Waals surface area contributed by atoms with Gasteiger partial charge in [0.15, 0.2) is 5.82 Å². The molecule has 108 valence electrons. The molecule has 7 heteroatoms. The first-order valence-electron chi connectivity index (χ1n) is 6.37. The van der Waals surface area contributed by atoms with Gasteiger partial charge in [0.2, 0.25) is 0 Å². The van der Waals surface area contributed by atoms with Crippen molar-refractivity contribution in [1.29, 1.82) is 5.26 Å². The molecule has 0 radical (unpaired) electrons. The number of halogens is 1. The highest BCUT2D eigenvalue weighted by Crippen LogP contribution is 2.18. The number of benzene rings is 1. The van der Waals surface area contributed by atoms with Gasteiger partial charge in [-0.1, -0.05) is 11.6 Å². The number of fused-ring (bicyclic) bond motifs is 1. The van der Waals surface area contributed by atoms with Gasteiger partial charge in [0.05, 0.1) is 22.7 Å². The fraction of sp³-hybridized carbons (Fsp3) is 0.0667. The lowest BCUT2D eigenvalue weighted by molar-refractivity contribution is 0.767. The number of nitrogens with one attached hydrogen (secondary N) is 1. The van der Waals surface area contributed by atoms with Crippen LogP contribution in [0.1, 0.15) is 11.4 Å². The zero-order valence-corrected chi connectivity index (χ0v) is 12.3. The summed E-state index contributed by atoms with van der Waals surface area (Å²) < 4.78 is 1.62. The first kappa shape index (κ1) is 14.0. The Labute approximate surface area is 130 Å². The standard InChI is InChI=1S/C15H10ClN5O/c1-21-8-9(7-18-21)4-10(6-17)14-19-13-5-11(16)2-3-12(13)15(22)20-14/h2-5,7-8H,1H3,(H,19,20,22)/b10-4-. The normalized spacial score (nSPS) is 11.6. The molecule has 0 atom stereocenters. The molecule has 0 saturated carbocycles. The number of rotatable bonds is 2. The Hall–Kier alpha value is -2.91. The van der Waals surface area contributed by atoms with E-state index in [9.17, 15) is 10.1 Å². The zero-order valence-electron chi connectivity index (χ0n) is 11.5. The third-order valence-electron chi connectivity index (χ3n) is 3.08. The van der Waals surface area contributed by atoms with Gasteiger partial charge < -0.3 is 4.98 Å². The molecule has 0 bridgehead atoms. The highest BCUT2D eigenvalue weighted by Gasteiger charge is 2.09. The summed E-state index contributed by atoms with van der Waals surface area (Å²) in [6.07, 6.45) is 4.99. The number of aryl methyl sites for hydroxylation is 1. The summed E-state index contributed by atoms with van der Waals surface area (Å²) in [5.41, 5.74) is 1.11. The second-order valence-corrected chi connectivity index (χ2v) is 5.13. The molecule has 0 unspecified atom stereocenters. The molecule has 0 fully saturated rings. The minimum absolute atomic E-state index is 0.200. The predicted octanol–water partition coefficient (Wildman–Crippen LogP) is 2.37. The van der Waals surface area contributed by atoms with E-state index in [-0.39, 0.29) is 17.0 Å². The quantitative estimate of drug-likeness (QED) is 0.736. The van der Waals surface area contributed by atoms with E-state index in [0.717, 1.165) is 5.56 Å². The Morgan fingerprint density at radius 3 is 3.00 bits per heavy atom. The third-order valence-corrected chi connectivity index (χ3v) is 3.32. The van der Waals surface area contributed by atoms with Crippen LogP contribution in [0.3, 0.4) is 0 Å². The van der Waals surface area contributed by atoms with E-state index in [0.29, 0.717) is 15.9 Å². The second kappa shape index (κ2) is 5.47. The van der Waals surface area contributed by atoms with E-state index in [1.165, 1.54) is 0 Å². The lowest BCUT2D eigenvalue weighted by Crippen LogP contribution is -2.11. The van der Waals surface area contributed by atoms with Crippen molar-refractivity contribution in [2.75, 3.05) is 0 Å². The molecule has 0 amide bonds. The van der Waals surface area contributed by atoms with Crippen molar-refractivity contribution >= 4 is 34.2 Å². The molecular weight excluding hydrogens is 302 g/mol. The summed E-state index contributed by atoms with van der Waals surface area (Å²) in [5, 5.41) is 14.3. The molecule has 0 aliphatic rings. The molecule has 3 aromatic rings. The van der Waals surface area contributed by atoms with Gasteiger partial charge in [-0.25, -0.2) is 4.98 Å². The summed E-state index contributed by atoms with van der Waals surface area (Å²) in [6, 6.07) is 6.86. The molecule has 2 aromatic heterocycles. The first-order valence-corrected chi connectivity index (χ1v) is 6.75. The molecule has 0 aliphatic heterocycles. The molecule has 6 nitrogen and oxygen atoms in total. The number of hydrogen-bond donors (Lipinski definition) is 1. The van der Waals surface area contributed by atoms with Gasteiger partial charge in [-0.05, 0) is 24.3 Å². The number of nitriles is 1. The topological polar surface area (TPSA) is 87.4 Å². The molecule has 0 saturated heterocycles. The van der Waals surface area contributed by atoms with Crippen molar-refractivity contribution in [3.8, 4) is 6.07 Å². The van der Waals surface area contributed by atoms with Crippen molar-refractivity contribution in [3.63, 3.8) is 0 Å². The maximum atomic E-state index is 12.1. The smallest absolute Gasteiger partial charge is 0.259 e. The van der Waals surface area contributed by atoms with Crippen LogP contribution in [-0.4, -0.2) is 19.7 Å². The highest BCUT2D eigenvalue weighted by molar-refractivity contribution is 6.31. The number of allylic oxidation sites excluding steroid dienone is 1. The summed E-state index contributed by atoms with van der Waals surface area (Å²) in [7, 11) is 1.78. The molecule has 0 aliphatic carbocycles. The summed E-state index contributed by atoms with van der Waals surface area (Å²) >= 11 is 5.93. The maximum absolute atomic E-state index is 12.1. The zero-order chi connectivity index (χ0) is 15.7. The molecule has 3 rings (SSSR count). The predicted molar refractivity (Wildman–Crippen MR) is 84.1 cm³/mol. The largest absolute Gasteiger partial charge is 0.305 e. The third kappa shape index (κ3) is 2.62. The Kier molecular flexibility index (Phi) is 3.49. The number of aromatic amines is 1. The Morgan fingerprint density at radius 1 is 1.50 bits per heavy atom. The maximum Gasteiger partial charge on any atom is 0.259 e. The monoisotopic (exact) mass is 311 g/mol. The second-order valence-electron chi connectivity index (χ2n) is 4.69. The minimum atomic E-state index is -0.316. The van der Waals surface area contributed by atoms with Crippen LogP contribution in [0.4, 0.5) is 0 Å². The van der Waals surface area contributed by atoms with Crippen LogP contribution in [0.2, 0.25) is 5.02 Å². The van der Waals surface area contributed by atoms with Crippen LogP contribution >= 0.6 is 11.6 Å². The average Bonchev–Trinajstić information content (AvgIpc) is 2.89. The Balaban J connectivity index is 2.18. The average molecular weight is 312 g/mol. The van der Waals surface area contributed by atoms with Gasteiger partial charge in [0, 0.05) is 23.8 Å². The Bertz CT molecular complexity index is 993. The molecule has 1 N–H and O–H groups in total. The van der Waals surface area contributed by atoms with Gasteiger partial charge in [0.1, 0.15) is 6.07 Å². The fourth-order valence-electron chi connectivity index (χ4n) is 2.08. The van der Waals surface area contributed by atoms with Crippen molar-refractivity contribution in [2.24, 2.45) is 7.05 Å². The summed E-state index contributed by atoms with van der Waals surface area (Å²) in [5.74, 6) is 0.200. The van der Waals surface area contributed by atoms with Gasteiger partial charge in [-0.2, -0.15) is 10.4 Å². The van der Waals surface area contributed by atoms with E-state index in [4.69, 9.17) is 11.6 Å². The lowest BCUT2D eigenvalue weighted by Gasteiger charge is -2.02.